The molecule has 150 valence electrons. The number of carbonyl (C=O) groups is 1. The largest absolute Gasteiger partial charge is 0.364 e. The molecule has 3 aromatic rings. The van der Waals surface area contributed by atoms with Crippen molar-refractivity contribution in [3.05, 3.63) is 33.9 Å². The number of H-pyrrole nitrogens is 1. The van der Waals surface area contributed by atoms with Gasteiger partial charge in [-0.05, 0) is 31.7 Å². The monoisotopic (exact) mass is 431 g/mol. The molecule has 29 heavy (non-hydrogen) atoms. The Hall–Kier alpha value is -2.42. The Kier molecular flexibility index (Phi) is 4.38. The number of hydrogen-bond acceptors (Lipinski definition) is 6. The van der Waals surface area contributed by atoms with Crippen LogP contribution in [0.2, 0.25) is 10.0 Å². The van der Waals surface area contributed by atoms with E-state index in [-0.39, 0.29) is 23.8 Å². The van der Waals surface area contributed by atoms with Gasteiger partial charge in [0.1, 0.15) is 5.69 Å². The second-order valence-electron chi connectivity index (χ2n) is 7.66. The number of fused-ring (bicyclic) bond motifs is 3. The predicted octanol–water partition coefficient (Wildman–Crippen LogP) is 2.88. The van der Waals surface area contributed by atoms with Crippen LogP contribution in [0.5, 0.6) is 0 Å². The van der Waals surface area contributed by atoms with Gasteiger partial charge < -0.3 is 16.4 Å². The Balaban J connectivity index is 1.68. The van der Waals surface area contributed by atoms with Crippen LogP contribution in [-0.4, -0.2) is 44.2 Å². The van der Waals surface area contributed by atoms with Gasteiger partial charge in [-0.25, -0.2) is 4.98 Å². The number of aromatic nitrogens is 4. The minimum absolute atomic E-state index is 0.110. The molecule has 5 N–H and O–H groups in total. The number of amides is 1. The fraction of sp³-hybridized carbons (Fsp3) is 0.368. The van der Waals surface area contributed by atoms with Crippen molar-refractivity contribution in [2.24, 2.45) is 11.5 Å². The van der Waals surface area contributed by atoms with Gasteiger partial charge in [-0.2, -0.15) is 10.1 Å². The second-order valence-corrected chi connectivity index (χ2v) is 8.44. The highest BCUT2D eigenvalue weighted by atomic mass is 35.5. The first-order chi connectivity index (χ1) is 13.9. The quantitative estimate of drug-likeness (QED) is 0.584. The Bertz CT molecular complexity index is 1120. The van der Waals surface area contributed by atoms with Gasteiger partial charge in [0.05, 0.1) is 21.1 Å². The van der Waals surface area contributed by atoms with Crippen molar-refractivity contribution in [3.8, 4) is 11.3 Å². The molecule has 2 aliphatic rings. The zero-order valence-electron chi connectivity index (χ0n) is 15.4. The fourth-order valence-corrected chi connectivity index (χ4v) is 5.04. The maximum atomic E-state index is 12.3. The molecule has 1 unspecified atom stereocenters. The first-order valence-corrected chi connectivity index (χ1v) is 10.2. The molecule has 4 heterocycles. The van der Waals surface area contributed by atoms with Crippen molar-refractivity contribution >= 4 is 46.1 Å². The first kappa shape index (κ1) is 18.6. The van der Waals surface area contributed by atoms with Crippen molar-refractivity contribution in [1.82, 2.24) is 20.2 Å². The molecule has 1 aromatic carbocycles. The molecule has 5 rings (SSSR count). The molecule has 0 saturated carbocycles. The number of rotatable bonds is 3. The van der Waals surface area contributed by atoms with Crippen LogP contribution in [-0.2, 0) is 0 Å². The lowest BCUT2D eigenvalue weighted by atomic mass is 9.98. The van der Waals surface area contributed by atoms with Gasteiger partial charge in [-0.15, -0.1) is 0 Å². The molecule has 10 heteroatoms. The summed E-state index contributed by atoms with van der Waals surface area (Å²) in [7, 11) is 0. The second kappa shape index (κ2) is 6.83. The summed E-state index contributed by atoms with van der Waals surface area (Å²) in [5.41, 5.74) is 13.5. The summed E-state index contributed by atoms with van der Waals surface area (Å²) >= 11 is 12.5. The number of anilines is 1. The van der Waals surface area contributed by atoms with Crippen molar-refractivity contribution < 1.29 is 4.79 Å². The number of nitrogens with two attached hydrogens (primary N) is 2. The number of carbonyl (C=O) groups excluding carboxylic acids is 1. The van der Waals surface area contributed by atoms with Crippen LogP contribution in [0.4, 0.5) is 5.95 Å². The summed E-state index contributed by atoms with van der Waals surface area (Å²) in [6.45, 7) is 0. The summed E-state index contributed by atoms with van der Waals surface area (Å²) in [6.07, 6.45) is 3.84. The van der Waals surface area contributed by atoms with Crippen LogP contribution in [0.1, 0.15) is 36.2 Å². The van der Waals surface area contributed by atoms with E-state index in [2.05, 4.69) is 25.1 Å². The van der Waals surface area contributed by atoms with Crippen LogP contribution in [0.3, 0.4) is 0 Å². The van der Waals surface area contributed by atoms with Gasteiger partial charge in [0, 0.05) is 23.7 Å². The minimum atomic E-state index is -0.652. The SMILES string of the molecule is NC(=O)c1nc(N2[C@@H]3CC[C@H]2CC(N)C3)nc2n[nH]c(-c3cccc(Cl)c3Cl)c12. The highest BCUT2D eigenvalue weighted by Gasteiger charge is 2.41. The van der Waals surface area contributed by atoms with Crippen molar-refractivity contribution in [1.29, 1.82) is 0 Å². The van der Waals surface area contributed by atoms with Crippen LogP contribution in [0.15, 0.2) is 18.2 Å². The highest BCUT2D eigenvalue weighted by Crippen LogP contribution is 2.40. The normalized spacial score (nSPS) is 23.7. The molecule has 0 aliphatic carbocycles. The van der Waals surface area contributed by atoms with E-state index in [0.29, 0.717) is 38.3 Å². The summed E-state index contributed by atoms with van der Waals surface area (Å²) in [5.74, 6) is -0.179. The van der Waals surface area contributed by atoms with Crippen LogP contribution in [0, 0.1) is 0 Å². The first-order valence-electron chi connectivity index (χ1n) is 9.48. The van der Waals surface area contributed by atoms with Gasteiger partial charge in [-0.3, -0.25) is 9.89 Å². The van der Waals surface area contributed by atoms with Gasteiger partial charge in [0.15, 0.2) is 5.65 Å². The van der Waals surface area contributed by atoms with Gasteiger partial charge in [0.25, 0.3) is 5.91 Å². The Morgan fingerprint density at radius 3 is 2.59 bits per heavy atom. The maximum Gasteiger partial charge on any atom is 0.268 e. The lowest BCUT2D eigenvalue weighted by Gasteiger charge is -2.37. The lowest BCUT2D eigenvalue weighted by molar-refractivity contribution is 0.0997. The predicted molar refractivity (Wildman–Crippen MR) is 112 cm³/mol. The van der Waals surface area contributed by atoms with E-state index in [1.54, 1.807) is 18.2 Å². The van der Waals surface area contributed by atoms with Crippen molar-refractivity contribution in [2.45, 2.75) is 43.8 Å². The zero-order chi connectivity index (χ0) is 20.3. The van der Waals surface area contributed by atoms with E-state index in [4.69, 9.17) is 34.7 Å². The summed E-state index contributed by atoms with van der Waals surface area (Å²) < 4.78 is 0. The van der Waals surface area contributed by atoms with E-state index >= 15 is 0 Å². The third-order valence-electron chi connectivity index (χ3n) is 5.86. The average molecular weight is 432 g/mol. The van der Waals surface area contributed by atoms with E-state index in [0.717, 1.165) is 25.7 Å². The Morgan fingerprint density at radius 2 is 1.90 bits per heavy atom. The van der Waals surface area contributed by atoms with Crippen LogP contribution < -0.4 is 16.4 Å². The molecule has 2 saturated heterocycles. The highest BCUT2D eigenvalue weighted by molar-refractivity contribution is 6.43. The number of nitrogens with zero attached hydrogens (tertiary/aromatic N) is 4. The molecule has 2 aromatic heterocycles. The van der Waals surface area contributed by atoms with E-state index in [1.807, 2.05) is 0 Å². The molecule has 2 fully saturated rings. The van der Waals surface area contributed by atoms with E-state index in [9.17, 15) is 4.79 Å². The molecule has 2 aliphatic heterocycles. The molecule has 1 amide bonds. The molecule has 8 nitrogen and oxygen atoms in total. The fourth-order valence-electron chi connectivity index (χ4n) is 4.64. The van der Waals surface area contributed by atoms with Crippen LogP contribution in [0.25, 0.3) is 22.3 Å². The lowest BCUT2D eigenvalue weighted by Crippen LogP contribution is -2.48. The third-order valence-corrected chi connectivity index (χ3v) is 6.68. The molecule has 2 bridgehead atoms. The molecule has 0 radical (unpaired) electrons. The number of primary amides is 1. The number of nitrogens with one attached hydrogen (secondary N) is 1. The topological polar surface area (TPSA) is 127 Å². The van der Waals surface area contributed by atoms with Crippen LogP contribution >= 0.6 is 23.2 Å². The maximum absolute atomic E-state index is 12.3. The Morgan fingerprint density at radius 1 is 1.17 bits per heavy atom. The Labute approximate surface area is 176 Å². The zero-order valence-corrected chi connectivity index (χ0v) is 16.9. The number of aromatic amines is 1. The van der Waals surface area contributed by atoms with E-state index in [1.165, 1.54) is 0 Å². The molecular formula is C19H19Cl2N7O. The van der Waals surface area contributed by atoms with Gasteiger partial charge in [-0.1, -0.05) is 35.3 Å². The standard InChI is InChI=1S/C19H19Cl2N7O/c20-12-3-1-2-11(14(12)21)15-13-16(17(23)29)24-19(25-18(13)27-26-15)28-9-4-5-10(28)7-8(22)6-9/h1-3,8-10H,4-7,22H2,(H2,23,29)(H,24,25,26,27)/t8?,9-,10+. The molecular weight excluding hydrogens is 413 g/mol. The number of benzene rings is 1. The third kappa shape index (κ3) is 2.94. The minimum Gasteiger partial charge on any atom is -0.364 e. The van der Waals surface area contributed by atoms with Gasteiger partial charge >= 0.3 is 0 Å². The van der Waals surface area contributed by atoms with E-state index < -0.39 is 5.91 Å². The number of piperidine rings is 1. The number of hydrogen-bond donors (Lipinski definition) is 3. The molecule has 3 atom stereocenters. The smallest absolute Gasteiger partial charge is 0.268 e. The number of halogens is 2. The van der Waals surface area contributed by atoms with Crippen molar-refractivity contribution in [2.75, 3.05) is 4.90 Å². The van der Waals surface area contributed by atoms with Crippen molar-refractivity contribution in [3.63, 3.8) is 0 Å². The van der Waals surface area contributed by atoms with Gasteiger partial charge in [0.2, 0.25) is 5.95 Å². The summed E-state index contributed by atoms with van der Waals surface area (Å²) in [5, 5.41) is 8.42. The summed E-state index contributed by atoms with van der Waals surface area (Å²) in [4.78, 5) is 23.7. The average Bonchev–Trinajstić information content (AvgIpc) is 3.22. The molecule has 0 spiro atoms. The summed E-state index contributed by atoms with van der Waals surface area (Å²) in [6, 6.07) is 5.96.